The molecule has 0 aliphatic heterocycles. The van der Waals surface area contributed by atoms with E-state index in [-0.39, 0.29) is 30.9 Å². The molecule has 0 saturated heterocycles. The van der Waals surface area contributed by atoms with Crippen LogP contribution in [0.25, 0.3) is 0 Å². The molecule has 26 heavy (non-hydrogen) atoms. The van der Waals surface area contributed by atoms with Gasteiger partial charge in [0.1, 0.15) is 16.9 Å². The summed E-state index contributed by atoms with van der Waals surface area (Å²) in [6.07, 6.45) is 4.92. The Morgan fingerprint density at radius 3 is 2.38 bits per heavy atom. The lowest BCUT2D eigenvalue weighted by atomic mass is 9.82. The van der Waals surface area contributed by atoms with Crippen LogP contribution in [0, 0.1) is 11.8 Å². The first-order valence-electron chi connectivity index (χ1n) is 9.24. The molecule has 1 aliphatic rings. The summed E-state index contributed by atoms with van der Waals surface area (Å²) in [5, 5.41) is 30.9. The number of aliphatic hydroxyl groups excluding tert-OH is 2. The molecule has 0 bridgehead atoms. The highest BCUT2D eigenvalue weighted by molar-refractivity contribution is 6.24. The molecule has 0 spiro atoms. The molecule has 1 unspecified atom stereocenters. The Labute approximate surface area is 156 Å². The molecule has 0 amide bonds. The van der Waals surface area contributed by atoms with Crippen molar-refractivity contribution in [2.24, 2.45) is 11.8 Å². The van der Waals surface area contributed by atoms with Crippen LogP contribution in [-0.2, 0) is 9.59 Å². The van der Waals surface area contributed by atoms with E-state index in [1.165, 1.54) is 0 Å². The lowest BCUT2D eigenvalue weighted by molar-refractivity contribution is -0.127. The maximum absolute atomic E-state index is 12.9. The van der Waals surface area contributed by atoms with Crippen molar-refractivity contribution >= 4 is 11.6 Å². The van der Waals surface area contributed by atoms with Gasteiger partial charge in [0.25, 0.3) is 0 Å². The molecule has 0 aromatic heterocycles. The van der Waals surface area contributed by atoms with Crippen LogP contribution in [0.15, 0.2) is 34.6 Å². The number of Topliss-reactive ketones (excluding diaryl/α,β-unsaturated/α-hetero) is 2. The minimum atomic E-state index is -1.76. The summed E-state index contributed by atoms with van der Waals surface area (Å²) >= 11 is 0. The zero-order valence-corrected chi connectivity index (χ0v) is 16.5. The average Bonchev–Trinajstić information content (AvgIpc) is 2.77. The van der Waals surface area contributed by atoms with E-state index in [0.717, 1.165) is 11.1 Å². The standard InChI is InChI=1S/C21H32O5/c1-6-15(5)18(23)17-19(24)16(10-9-13(2)3)21(26,20(17)25)11-7-8-14(4)12-22/h8-9,15-16,22,25-26H,6-7,10-12H2,1-5H3/t15?,16-,21-/m0/s1. The van der Waals surface area contributed by atoms with Gasteiger partial charge >= 0.3 is 0 Å². The second-order valence-corrected chi connectivity index (χ2v) is 7.50. The molecular formula is C21H32O5. The molecule has 3 N–H and O–H groups in total. The topological polar surface area (TPSA) is 94.8 Å². The average molecular weight is 364 g/mol. The Bertz CT molecular complexity index is 637. The summed E-state index contributed by atoms with van der Waals surface area (Å²) in [7, 11) is 0. The molecule has 0 heterocycles. The van der Waals surface area contributed by atoms with Crippen molar-refractivity contribution < 1.29 is 24.9 Å². The second-order valence-electron chi connectivity index (χ2n) is 7.50. The van der Waals surface area contributed by atoms with Crippen LogP contribution in [-0.4, -0.2) is 39.1 Å². The van der Waals surface area contributed by atoms with Gasteiger partial charge in [-0.1, -0.05) is 37.1 Å². The number of allylic oxidation sites excluding steroid dienone is 4. The monoisotopic (exact) mass is 364 g/mol. The molecule has 3 atom stereocenters. The molecule has 1 rings (SSSR count). The molecule has 0 radical (unpaired) electrons. The summed E-state index contributed by atoms with van der Waals surface area (Å²) in [5.41, 5.74) is -0.249. The van der Waals surface area contributed by atoms with Gasteiger partial charge in [-0.15, -0.1) is 0 Å². The number of hydrogen-bond donors (Lipinski definition) is 3. The van der Waals surface area contributed by atoms with Gasteiger partial charge in [0.2, 0.25) is 0 Å². The zero-order chi connectivity index (χ0) is 20.1. The highest BCUT2D eigenvalue weighted by Gasteiger charge is 2.54. The fourth-order valence-corrected chi connectivity index (χ4v) is 3.11. The number of carbonyl (C=O) groups excluding carboxylic acids is 2. The normalized spacial score (nSPS) is 24.8. The number of hydrogen-bond acceptors (Lipinski definition) is 5. The number of rotatable bonds is 9. The van der Waals surface area contributed by atoms with E-state index in [2.05, 4.69) is 0 Å². The molecule has 5 nitrogen and oxygen atoms in total. The van der Waals surface area contributed by atoms with Gasteiger partial charge < -0.3 is 15.3 Å². The predicted octanol–water partition coefficient (Wildman–Crippen LogP) is 3.42. The van der Waals surface area contributed by atoms with Gasteiger partial charge in [0.15, 0.2) is 11.6 Å². The summed E-state index contributed by atoms with van der Waals surface area (Å²) in [5.74, 6) is -2.64. The van der Waals surface area contributed by atoms with E-state index < -0.39 is 28.8 Å². The van der Waals surface area contributed by atoms with E-state index >= 15 is 0 Å². The van der Waals surface area contributed by atoms with E-state index in [9.17, 15) is 19.8 Å². The van der Waals surface area contributed by atoms with Crippen molar-refractivity contribution in [2.45, 2.75) is 65.9 Å². The van der Waals surface area contributed by atoms with E-state index in [4.69, 9.17) is 5.11 Å². The zero-order valence-electron chi connectivity index (χ0n) is 16.5. The fraction of sp³-hybridized carbons (Fsp3) is 0.619. The van der Waals surface area contributed by atoms with Gasteiger partial charge in [-0.2, -0.15) is 0 Å². The van der Waals surface area contributed by atoms with Gasteiger partial charge in [0.05, 0.1) is 12.5 Å². The van der Waals surface area contributed by atoms with Gasteiger partial charge in [-0.25, -0.2) is 0 Å². The lowest BCUT2D eigenvalue weighted by Gasteiger charge is -2.28. The van der Waals surface area contributed by atoms with E-state index in [1.807, 2.05) is 26.8 Å². The summed E-state index contributed by atoms with van der Waals surface area (Å²) in [6, 6.07) is 0. The Hall–Kier alpha value is -1.72. The largest absolute Gasteiger partial charge is 0.508 e. The molecular weight excluding hydrogens is 332 g/mol. The minimum absolute atomic E-state index is 0.0852. The highest BCUT2D eigenvalue weighted by atomic mass is 16.3. The molecule has 1 aliphatic carbocycles. The Morgan fingerprint density at radius 1 is 1.27 bits per heavy atom. The number of ketones is 2. The lowest BCUT2D eigenvalue weighted by Crippen LogP contribution is -2.38. The predicted molar refractivity (Wildman–Crippen MR) is 102 cm³/mol. The Morgan fingerprint density at radius 2 is 1.88 bits per heavy atom. The minimum Gasteiger partial charge on any atom is -0.508 e. The molecule has 0 aromatic carbocycles. The first kappa shape index (κ1) is 22.3. The van der Waals surface area contributed by atoms with Crippen molar-refractivity contribution in [1.29, 1.82) is 0 Å². The van der Waals surface area contributed by atoms with Crippen molar-refractivity contribution in [1.82, 2.24) is 0 Å². The van der Waals surface area contributed by atoms with Crippen molar-refractivity contribution in [3.05, 3.63) is 34.6 Å². The summed E-state index contributed by atoms with van der Waals surface area (Å²) in [6.45, 7) is 9.02. The van der Waals surface area contributed by atoms with Crippen LogP contribution in [0.2, 0.25) is 0 Å². The molecule has 0 aromatic rings. The molecule has 146 valence electrons. The molecule has 5 heteroatoms. The molecule has 0 saturated carbocycles. The SMILES string of the molecule is CCC(C)C(=O)C1=C(O)[C@](O)(CCC=C(C)CO)[C@@H](CC=C(C)C)C1=O. The van der Waals surface area contributed by atoms with Crippen molar-refractivity contribution in [3.63, 3.8) is 0 Å². The number of aliphatic hydroxyl groups is 3. The summed E-state index contributed by atoms with van der Waals surface area (Å²) < 4.78 is 0. The fourth-order valence-electron chi connectivity index (χ4n) is 3.11. The van der Waals surface area contributed by atoms with Crippen molar-refractivity contribution in [3.8, 4) is 0 Å². The van der Waals surface area contributed by atoms with Crippen LogP contribution in [0.1, 0.15) is 60.3 Å². The van der Waals surface area contributed by atoms with Crippen LogP contribution in [0.3, 0.4) is 0 Å². The van der Waals surface area contributed by atoms with Gasteiger partial charge in [-0.05, 0) is 46.5 Å². The van der Waals surface area contributed by atoms with Crippen LogP contribution >= 0.6 is 0 Å². The summed E-state index contributed by atoms with van der Waals surface area (Å²) in [4.78, 5) is 25.5. The van der Waals surface area contributed by atoms with Crippen LogP contribution in [0.4, 0.5) is 0 Å². The first-order chi connectivity index (χ1) is 12.1. The van der Waals surface area contributed by atoms with E-state index in [1.54, 1.807) is 19.9 Å². The Kier molecular flexibility index (Phi) is 7.97. The van der Waals surface area contributed by atoms with Crippen LogP contribution in [0.5, 0.6) is 0 Å². The third-order valence-electron chi connectivity index (χ3n) is 5.12. The Balaban J connectivity index is 3.27. The molecule has 0 fully saturated rings. The maximum atomic E-state index is 12.9. The van der Waals surface area contributed by atoms with Crippen LogP contribution < -0.4 is 0 Å². The van der Waals surface area contributed by atoms with Gasteiger partial charge in [-0.3, -0.25) is 9.59 Å². The third-order valence-corrected chi connectivity index (χ3v) is 5.12. The first-order valence-corrected chi connectivity index (χ1v) is 9.24. The van der Waals surface area contributed by atoms with E-state index in [0.29, 0.717) is 12.8 Å². The number of carbonyl (C=O) groups is 2. The quantitative estimate of drug-likeness (QED) is 0.430. The second kappa shape index (κ2) is 9.28. The third kappa shape index (κ3) is 4.71. The van der Waals surface area contributed by atoms with Gasteiger partial charge in [0, 0.05) is 5.92 Å². The maximum Gasteiger partial charge on any atom is 0.176 e. The smallest absolute Gasteiger partial charge is 0.176 e. The van der Waals surface area contributed by atoms with Crippen molar-refractivity contribution in [2.75, 3.05) is 6.61 Å². The highest BCUT2D eigenvalue weighted by Crippen LogP contribution is 2.43.